The van der Waals surface area contributed by atoms with E-state index in [-0.39, 0.29) is 6.04 Å². The summed E-state index contributed by atoms with van der Waals surface area (Å²) < 4.78 is 0. The lowest BCUT2D eigenvalue weighted by atomic mass is 10.0. The molecule has 1 aliphatic carbocycles. The van der Waals surface area contributed by atoms with E-state index in [9.17, 15) is 4.79 Å². The molecule has 0 bridgehead atoms. The Kier molecular flexibility index (Phi) is 3.20. The molecule has 2 atom stereocenters. The van der Waals surface area contributed by atoms with Crippen molar-refractivity contribution in [2.24, 2.45) is 0 Å². The summed E-state index contributed by atoms with van der Waals surface area (Å²) in [5.74, 6) is -0.756. The van der Waals surface area contributed by atoms with Crippen LogP contribution >= 0.6 is 0 Å². The van der Waals surface area contributed by atoms with Crippen molar-refractivity contribution in [2.75, 3.05) is 7.05 Å². The van der Waals surface area contributed by atoms with Gasteiger partial charge in [0.05, 0.1) is 0 Å². The number of carboxylic acids is 1. The number of carbonyl (C=O) groups is 1. The van der Waals surface area contributed by atoms with Crippen molar-refractivity contribution in [3.05, 3.63) is 34.9 Å². The molecule has 1 aromatic carbocycles. The van der Waals surface area contributed by atoms with Crippen molar-refractivity contribution in [3.63, 3.8) is 0 Å². The van der Waals surface area contributed by atoms with Crippen LogP contribution in [-0.2, 0) is 11.2 Å². The standard InChI is InChI=1S/C14H19NO2/c1-9-4-5-11-6-7-13(12(11)8-9)15(3)10(2)14(16)17/h4-5,8,10,13H,6-7H2,1-3H3,(H,16,17). The SMILES string of the molecule is Cc1ccc2c(c1)C(N(C)C(C)C(=O)O)CC2. The van der Waals surface area contributed by atoms with Crippen LogP contribution in [0.3, 0.4) is 0 Å². The van der Waals surface area contributed by atoms with E-state index >= 15 is 0 Å². The number of carboxylic acid groups (broad SMARTS) is 1. The summed E-state index contributed by atoms with van der Waals surface area (Å²) in [5, 5.41) is 9.07. The molecule has 0 saturated heterocycles. The predicted octanol–water partition coefficient (Wildman–Crippen LogP) is 2.39. The summed E-state index contributed by atoms with van der Waals surface area (Å²) in [6, 6.07) is 6.30. The fourth-order valence-electron chi connectivity index (χ4n) is 2.57. The summed E-state index contributed by atoms with van der Waals surface area (Å²) in [5.41, 5.74) is 3.91. The highest BCUT2D eigenvalue weighted by Gasteiger charge is 2.30. The molecule has 3 heteroatoms. The van der Waals surface area contributed by atoms with Gasteiger partial charge in [-0.25, -0.2) is 0 Å². The van der Waals surface area contributed by atoms with Crippen LogP contribution in [0.15, 0.2) is 18.2 Å². The maximum absolute atomic E-state index is 11.0. The number of aliphatic carboxylic acids is 1. The van der Waals surface area contributed by atoms with Gasteiger partial charge in [-0.2, -0.15) is 0 Å². The maximum Gasteiger partial charge on any atom is 0.320 e. The largest absolute Gasteiger partial charge is 0.480 e. The summed E-state index contributed by atoms with van der Waals surface area (Å²) in [4.78, 5) is 13.0. The van der Waals surface area contributed by atoms with Gasteiger partial charge in [-0.15, -0.1) is 0 Å². The topological polar surface area (TPSA) is 40.5 Å². The van der Waals surface area contributed by atoms with Crippen molar-refractivity contribution < 1.29 is 9.90 Å². The third-order valence-electron chi connectivity index (χ3n) is 3.81. The van der Waals surface area contributed by atoms with E-state index in [1.165, 1.54) is 16.7 Å². The lowest BCUT2D eigenvalue weighted by molar-refractivity contribution is -0.143. The fourth-order valence-corrected chi connectivity index (χ4v) is 2.57. The molecule has 1 aliphatic rings. The van der Waals surface area contributed by atoms with Crippen LogP contribution in [-0.4, -0.2) is 29.1 Å². The quantitative estimate of drug-likeness (QED) is 0.871. The number of fused-ring (bicyclic) bond motifs is 1. The first-order valence-electron chi connectivity index (χ1n) is 6.05. The third kappa shape index (κ3) is 2.20. The average Bonchev–Trinajstić information content (AvgIpc) is 2.69. The van der Waals surface area contributed by atoms with Crippen LogP contribution in [0.25, 0.3) is 0 Å². The van der Waals surface area contributed by atoms with E-state index in [0.29, 0.717) is 0 Å². The first-order chi connectivity index (χ1) is 8.00. The Labute approximate surface area is 102 Å². The van der Waals surface area contributed by atoms with Crippen LogP contribution in [0.2, 0.25) is 0 Å². The van der Waals surface area contributed by atoms with Crippen LogP contribution in [0, 0.1) is 6.92 Å². The average molecular weight is 233 g/mol. The summed E-state index contributed by atoms with van der Waals surface area (Å²) in [7, 11) is 1.90. The zero-order valence-corrected chi connectivity index (χ0v) is 10.6. The van der Waals surface area contributed by atoms with E-state index in [4.69, 9.17) is 5.11 Å². The normalized spacial score (nSPS) is 20.4. The molecule has 3 nitrogen and oxygen atoms in total. The molecule has 0 aromatic heterocycles. The molecule has 0 saturated carbocycles. The Morgan fingerprint density at radius 1 is 1.53 bits per heavy atom. The lowest BCUT2D eigenvalue weighted by Gasteiger charge is -2.28. The number of likely N-dealkylation sites (N-methyl/N-ethyl adjacent to an activating group) is 1. The van der Waals surface area contributed by atoms with Gasteiger partial charge in [-0.1, -0.05) is 23.8 Å². The van der Waals surface area contributed by atoms with Gasteiger partial charge in [0.15, 0.2) is 0 Å². The van der Waals surface area contributed by atoms with Crippen molar-refractivity contribution in [1.82, 2.24) is 4.90 Å². The summed E-state index contributed by atoms with van der Waals surface area (Å²) in [6.07, 6.45) is 2.07. The first kappa shape index (κ1) is 12.1. The Hall–Kier alpha value is -1.35. The lowest BCUT2D eigenvalue weighted by Crippen LogP contribution is -2.37. The number of aryl methyl sites for hydroxylation is 2. The zero-order chi connectivity index (χ0) is 12.6. The number of benzene rings is 1. The molecule has 0 radical (unpaired) electrons. The second kappa shape index (κ2) is 4.49. The van der Waals surface area contributed by atoms with Crippen molar-refractivity contribution >= 4 is 5.97 Å². The molecule has 2 rings (SSSR count). The van der Waals surface area contributed by atoms with Crippen LogP contribution in [0.4, 0.5) is 0 Å². The molecule has 17 heavy (non-hydrogen) atoms. The Morgan fingerprint density at radius 3 is 2.88 bits per heavy atom. The Balaban J connectivity index is 2.27. The Morgan fingerprint density at radius 2 is 2.24 bits per heavy atom. The van der Waals surface area contributed by atoms with Crippen molar-refractivity contribution in [3.8, 4) is 0 Å². The van der Waals surface area contributed by atoms with E-state index in [2.05, 4.69) is 25.1 Å². The van der Waals surface area contributed by atoms with Gasteiger partial charge < -0.3 is 5.11 Å². The molecule has 1 N–H and O–H groups in total. The first-order valence-corrected chi connectivity index (χ1v) is 6.05. The molecule has 92 valence electrons. The second-order valence-electron chi connectivity index (χ2n) is 4.94. The predicted molar refractivity (Wildman–Crippen MR) is 67.1 cm³/mol. The van der Waals surface area contributed by atoms with Gasteiger partial charge >= 0.3 is 5.97 Å². The highest BCUT2D eigenvalue weighted by Crippen LogP contribution is 2.36. The summed E-state index contributed by atoms with van der Waals surface area (Å²) >= 11 is 0. The van der Waals surface area contributed by atoms with E-state index in [0.717, 1.165) is 12.8 Å². The monoisotopic (exact) mass is 233 g/mol. The van der Waals surface area contributed by atoms with E-state index < -0.39 is 12.0 Å². The minimum Gasteiger partial charge on any atom is -0.480 e. The van der Waals surface area contributed by atoms with Crippen LogP contribution < -0.4 is 0 Å². The number of hydrogen-bond acceptors (Lipinski definition) is 2. The third-order valence-corrected chi connectivity index (χ3v) is 3.81. The van der Waals surface area contributed by atoms with Gasteiger partial charge in [0, 0.05) is 6.04 Å². The smallest absolute Gasteiger partial charge is 0.320 e. The minimum absolute atomic E-state index is 0.246. The molecule has 0 amide bonds. The van der Waals surface area contributed by atoms with Crippen LogP contribution in [0.5, 0.6) is 0 Å². The van der Waals surface area contributed by atoms with Gasteiger partial charge in [0.2, 0.25) is 0 Å². The Bertz CT molecular complexity index is 442. The second-order valence-corrected chi connectivity index (χ2v) is 4.94. The van der Waals surface area contributed by atoms with Gasteiger partial charge in [-0.3, -0.25) is 9.69 Å². The highest BCUT2D eigenvalue weighted by molar-refractivity contribution is 5.73. The van der Waals surface area contributed by atoms with E-state index in [1.54, 1.807) is 6.92 Å². The molecule has 0 aliphatic heterocycles. The zero-order valence-electron chi connectivity index (χ0n) is 10.6. The van der Waals surface area contributed by atoms with Crippen LogP contribution in [0.1, 0.15) is 36.1 Å². The van der Waals surface area contributed by atoms with Crippen molar-refractivity contribution in [2.45, 2.75) is 38.8 Å². The number of hydrogen-bond donors (Lipinski definition) is 1. The highest BCUT2D eigenvalue weighted by atomic mass is 16.4. The molecule has 2 unspecified atom stereocenters. The minimum atomic E-state index is -0.756. The maximum atomic E-state index is 11.0. The van der Waals surface area contributed by atoms with Crippen molar-refractivity contribution in [1.29, 1.82) is 0 Å². The molecular formula is C14H19NO2. The fraction of sp³-hybridized carbons (Fsp3) is 0.500. The molecule has 0 spiro atoms. The van der Waals surface area contributed by atoms with E-state index in [1.807, 2.05) is 11.9 Å². The molecule has 0 fully saturated rings. The van der Waals surface area contributed by atoms with Gasteiger partial charge in [0.1, 0.15) is 6.04 Å². The molecular weight excluding hydrogens is 214 g/mol. The number of rotatable bonds is 3. The van der Waals surface area contributed by atoms with Gasteiger partial charge in [-0.05, 0) is 44.9 Å². The molecule has 0 heterocycles. The number of nitrogens with zero attached hydrogens (tertiary/aromatic N) is 1. The van der Waals surface area contributed by atoms with Gasteiger partial charge in [0.25, 0.3) is 0 Å². The summed E-state index contributed by atoms with van der Waals surface area (Å²) in [6.45, 7) is 3.83. The molecule has 1 aromatic rings.